The van der Waals surface area contributed by atoms with Crippen LogP contribution in [0.25, 0.3) is 0 Å². The number of aromatic hydroxyl groups is 1. The van der Waals surface area contributed by atoms with Crippen LogP contribution in [0.3, 0.4) is 0 Å². The molecule has 3 aromatic rings. The number of benzene rings is 3. The van der Waals surface area contributed by atoms with E-state index in [1.165, 1.54) is 16.7 Å². The Labute approximate surface area is 177 Å². The Kier molecular flexibility index (Phi) is 8.05. The number of fused-ring (bicyclic) bond motifs is 1. The Hall–Kier alpha value is -2.13. The number of methoxy groups -OCH3 is 1. The second-order valence-corrected chi connectivity index (χ2v) is 6.56. The second-order valence-electron chi connectivity index (χ2n) is 6.56. The maximum Gasteiger partial charge on any atom is 2.00 e. The van der Waals surface area contributed by atoms with Crippen molar-refractivity contribution < 1.29 is 32.2 Å². The van der Waals surface area contributed by atoms with E-state index in [4.69, 9.17) is 4.74 Å². The Morgan fingerprint density at radius 2 is 1.81 bits per heavy atom. The summed E-state index contributed by atoms with van der Waals surface area (Å²) < 4.78 is 5.17. The predicted octanol–water partition coefficient (Wildman–Crippen LogP) is 5.34. The van der Waals surface area contributed by atoms with E-state index in [2.05, 4.69) is 19.1 Å². The molecule has 0 aliphatic heterocycles. The standard InChI is InChI=1S/C17H17O2.C7H7.Nb/c1-19-17-8-5-12(6-9-17)13-2-3-15-11-16(18)7-4-14(15)10-13;1-7-5-3-2-4-6-7;/h4-5,7-9,11,13,18H,2-3,10H2,1H3;2-6H,1H2;/q2*-1;+2/t13-;;/m1../s1. The van der Waals surface area contributed by atoms with E-state index in [9.17, 15) is 5.11 Å². The minimum Gasteiger partial charge on any atom is -0.554 e. The maximum absolute atomic E-state index is 9.51. The van der Waals surface area contributed by atoms with Crippen LogP contribution in [0, 0.1) is 13.0 Å². The van der Waals surface area contributed by atoms with E-state index >= 15 is 0 Å². The summed E-state index contributed by atoms with van der Waals surface area (Å²) in [5.41, 5.74) is 4.95. The number of hydrogen-bond donors (Lipinski definition) is 1. The van der Waals surface area contributed by atoms with Crippen molar-refractivity contribution in [2.45, 2.75) is 25.2 Å². The molecule has 3 heteroatoms. The zero-order valence-corrected chi connectivity index (χ0v) is 17.8. The number of hydrogen-bond acceptors (Lipinski definition) is 2. The Bertz CT molecular complexity index is 829. The van der Waals surface area contributed by atoms with Gasteiger partial charge in [-0.05, 0) is 48.4 Å². The summed E-state index contributed by atoms with van der Waals surface area (Å²) >= 11 is 0. The van der Waals surface area contributed by atoms with Gasteiger partial charge in [0.2, 0.25) is 0 Å². The van der Waals surface area contributed by atoms with E-state index < -0.39 is 0 Å². The molecule has 4 rings (SSSR count). The monoisotopic (exact) mass is 437 g/mol. The molecular weight excluding hydrogens is 413 g/mol. The average molecular weight is 437 g/mol. The number of rotatable bonds is 2. The fourth-order valence-corrected chi connectivity index (χ4v) is 3.29. The van der Waals surface area contributed by atoms with Crippen molar-refractivity contribution in [3.63, 3.8) is 0 Å². The molecule has 2 nitrogen and oxygen atoms in total. The summed E-state index contributed by atoms with van der Waals surface area (Å²) in [6.45, 7) is 3.72. The smallest absolute Gasteiger partial charge is 0.554 e. The van der Waals surface area contributed by atoms with Gasteiger partial charge in [0.1, 0.15) is 5.75 Å². The van der Waals surface area contributed by atoms with Gasteiger partial charge in [-0.15, -0.1) is 24.3 Å². The van der Waals surface area contributed by atoms with E-state index in [1.807, 2.05) is 54.6 Å². The van der Waals surface area contributed by atoms with Gasteiger partial charge in [0, 0.05) is 5.75 Å². The molecule has 0 aromatic heterocycles. The molecule has 0 fully saturated rings. The van der Waals surface area contributed by atoms with Gasteiger partial charge in [0.05, 0.1) is 7.11 Å². The summed E-state index contributed by atoms with van der Waals surface area (Å²) in [5, 5.41) is 9.51. The topological polar surface area (TPSA) is 29.5 Å². The number of ether oxygens (including phenoxy) is 1. The third-order valence-corrected chi connectivity index (χ3v) is 4.74. The number of phenols is 1. The van der Waals surface area contributed by atoms with E-state index in [0.717, 1.165) is 30.6 Å². The van der Waals surface area contributed by atoms with Crippen LogP contribution >= 0.6 is 0 Å². The first-order valence-electron chi connectivity index (χ1n) is 8.89. The first kappa shape index (κ1) is 21.2. The molecule has 0 spiro atoms. The Balaban J connectivity index is 0.000000278. The second kappa shape index (κ2) is 10.3. The Morgan fingerprint density at radius 3 is 2.41 bits per heavy atom. The van der Waals surface area contributed by atoms with Crippen molar-refractivity contribution >= 4 is 0 Å². The van der Waals surface area contributed by atoms with Gasteiger partial charge in [-0.1, -0.05) is 12.1 Å². The van der Waals surface area contributed by atoms with Crippen LogP contribution in [0.2, 0.25) is 0 Å². The van der Waals surface area contributed by atoms with Gasteiger partial charge < -0.3 is 9.84 Å². The molecule has 0 saturated heterocycles. The van der Waals surface area contributed by atoms with Gasteiger partial charge >= 0.3 is 22.4 Å². The molecule has 3 aromatic carbocycles. The van der Waals surface area contributed by atoms with Crippen molar-refractivity contribution in [1.82, 2.24) is 0 Å². The summed E-state index contributed by atoms with van der Waals surface area (Å²) in [6.07, 6.45) is 3.16. The van der Waals surface area contributed by atoms with Gasteiger partial charge in [0.25, 0.3) is 0 Å². The molecule has 137 valence electrons. The number of aryl methyl sites for hydroxylation is 1. The third-order valence-electron chi connectivity index (χ3n) is 4.74. The first-order valence-corrected chi connectivity index (χ1v) is 8.89. The third kappa shape index (κ3) is 5.93. The summed E-state index contributed by atoms with van der Waals surface area (Å²) in [7, 11) is 1.67. The molecular formula is C24H24NbO2. The predicted molar refractivity (Wildman–Crippen MR) is 106 cm³/mol. The number of phenolic OH excluding ortho intramolecular Hbond substituents is 1. The average Bonchev–Trinajstić information content (AvgIpc) is 2.69. The summed E-state index contributed by atoms with van der Waals surface area (Å²) in [6, 6.07) is 24.9. The minimum absolute atomic E-state index is 0. The van der Waals surface area contributed by atoms with Gasteiger partial charge in [-0.25, -0.2) is 0 Å². The van der Waals surface area contributed by atoms with Crippen molar-refractivity contribution in [1.29, 1.82) is 0 Å². The largest absolute Gasteiger partial charge is 2.00 e. The summed E-state index contributed by atoms with van der Waals surface area (Å²) in [4.78, 5) is 0. The molecule has 0 bridgehead atoms. The van der Waals surface area contributed by atoms with Crippen LogP contribution in [0.5, 0.6) is 11.5 Å². The molecule has 0 heterocycles. The van der Waals surface area contributed by atoms with Crippen LogP contribution in [-0.2, 0) is 35.2 Å². The van der Waals surface area contributed by atoms with E-state index in [0.29, 0.717) is 11.7 Å². The fourth-order valence-electron chi connectivity index (χ4n) is 3.29. The SMILES string of the molecule is COc1c[c-]c([C@@H]2CCc3cc(O)ccc3C2)cc1.[CH2-]c1ccccc1.[Nb+2]. The normalized spacial score (nSPS) is 14.8. The molecule has 1 aliphatic carbocycles. The van der Waals surface area contributed by atoms with Crippen molar-refractivity contribution in [2.75, 3.05) is 7.11 Å². The van der Waals surface area contributed by atoms with Crippen LogP contribution in [0.15, 0.2) is 66.7 Å². The van der Waals surface area contributed by atoms with E-state index in [-0.39, 0.29) is 22.4 Å². The Morgan fingerprint density at radius 1 is 1.04 bits per heavy atom. The maximum atomic E-state index is 9.51. The zero-order valence-electron chi connectivity index (χ0n) is 15.6. The van der Waals surface area contributed by atoms with E-state index in [1.54, 1.807) is 13.2 Å². The fraction of sp³-hybridized carbons (Fsp3) is 0.208. The van der Waals surface area contributed by atoms with Crippen LogP contribution in [-0.4, -0.2) is 12.2 Å². The first-order chi connectivity index (χ1) is 12.7. The van der Waals surface area contributed by atoms with Crippen molar-refractivity contribution in [2.24, 2.45) is 0 Å². The molecule has 1 radical (unpaired) electrons. The molecule has 27 heavy (non-hydrogen) atoms. The molecule has 1 N–H and O–H groups in total. The van der Waals surface area contributed by atoms with Gasteiger partial charge in [-0.3, -0.25) is 0 Å². The molecule has 1 aliphatic rings. The van der Waals surface area contributed by atoms with Gasteiger partial charge in [-0.2, -0.15) is 42.3 Å². The quantitative estimate of drug-likeness (QED) is 0.433. The molecule has 0 saturated carbocycles. The van der Waals surface area contributed by atoms with Crippen molar-refractivity contribution in [3.8, 4) is 11.5 Å². The van der Waals surface area contributed by atoms with Crippen LogP contribution < -0.4 is 4.74 Å². The molecule has 1 atom stereocenters. The molecule has 0 amide bonds. The molecule has 0 unspecified atom stereocenters. The van der Waals surface area contributed by atoms with Crippen LogP contribution in [0.4, 0.5) is 0 Å². The zero-order chi connectivity index (χ0) is 18.4. The van der Waals surface area contributed by atoms with Gasteiger partial charge in [0.15, 0.2) is 0 Å². The van der Waals surface area contributed by atoms with Crippen LogP contribution in [0.1, 0.15) is 34.6 Å². The minimum atomic E-state index is 0. The van der Waals surface area contributed by atoms with Crippen molar-refractivity contribution in [3.05, 3.63) is 102 Å². The summed E-state index contributed by atoms with van der Waals surface area (Å²) in [5.74, 6) is 1.74.